The van der Waals surface area contributed by atoms with E-state index < -0.39 is 5.97 Å². The molecular weight excluding hydrogens is 230 g/mol. The van der Waals surface area contributed by atoms with Gasteiger partial charge in [-0.1, -0.05) is 20.8 Å². The third-order valence-electron chi connectivity index (χ3n) is 4.02. The first-order chi connectivity index (χ1) is 8.45. The average molecular weight is 255 g/mol. The van der Waals surface area contributed by atoms with Gasteiger partial charge in [0.05, 0.1) is 5.92 Å². The molecule has 0 heterocycles. The van der Waals surface area contributed by atoms with Crippen molar-refractivity contribution in [1.29, 1.82) is 0 Å². The van der Waals surface area contributed by atoms with E-state index in [1.807, 2.05) is 0 Å². The predicted molar refractivity (Wildman–Crippen MR) is 70.1 cm³/mol. The van der Waals surface area contributed by atoms with Gasteiger partial charge in [-0.2, -0.15) is 0 Å². The highest BCUT2D eigenvalue weighted by Gasteiger charge is 2.30. The van der Waals surface area contributed by atoms with Gasteiger partial charge in [-0.25, -0.2) is 0 Å². The van der Waals surface area contributed by atoms with Crippen LogP contribution in [-0.4, -0.2) is 23.0 Å². The van der Waals surface area contributed by atoms with Crippen molar-refractivity contribution in [3.8, 4) is 0 Å². The number of amides is 1. The van der Waals surface area contributed by atoms with Crippen LogP contribution in [-0.2, 0) is 9.59 Å². The molecule has 18 heavy (non-hydrogen) atoms. The Morgan fingerprint density at radius 2 is 1.67 bits per heavy atom. The second-order valence-electron chi connectivity index (χ2n) is 5.65. The number of rotatable bonds is 5. The molecule has 0 spiro atoms. The molecule has 4 heteroatoms. The van der Waals surface area contributed by atoms with Crippen LogP contribution in [0.5, 0.6) is 0 Å². The van der Waals surface area contributed by atoms with Gasteiger partial charge in [0, 0.05) is 12.0 Å². The average Bonchev–Trinajstić information content (AvgIpc) is 2.35. The van der Waals surface area contributed by atoms with Crippen molar-refractivity contribution in [2.45, 2.75) is 58.9 Å². The van der Waals surface area contributed by atoms with Gasteiger partial charge >= 0.3 is 5.97 Å². The highest BCUT2D eigenvalue weighted by atomic mass is 16.4. The molecule has 1 aliphatic rings. The van der Waals surface area contributed by atoms with Crippen LogP contribution >= 0.6 is 0 Å². The van der Waals surface area contributed by atoms with Crippen molar-refractivity contribution >= 4 is 11.9 Å². The molecular formula is C14H25NO3. The zero-order chi connectivity index (χ0) is 13.7. The van der Waals surface area contributed by atoms with Gasteiger partial charge in [0.25, 0.3) is 0 Å². The Hall–Kier alpha value is -1.06. The first-order valence-corrected chi connectivity index (χ1v) is 6.98. The van der Waals surface area contributed by atoms with Crippen LogP contribution < -0.4 is 5.32 Å². The molecule has 1 aliphatic carbocycles. The van der Waals surface area contributed by atoms with Crippen LogP contribution in [0.3, 0.4) is 0 Å². The quantitative estimate of drug-likeness (QED) is 0.793. The molecule has 1 amide bonds. The highest BCUT2D eigenvalue weighted by Crippen LogP contribution is 2.29. The van der Waals surface area contributed by atoms with Gasteiger partial charge in [0.2, 0.25) is 5.91 Å². The van der Waals surface area contributed by atoms with E-state index in [1.54, 1.807) is 0 Å². The van der Waals surface area contributed by atoms with E-state index >= 15 is 0 Å². The van der Waals surface area contributed by atoms with E-state index in [0.29, 0.717) is 31.6 Å². The summed E-state index contributed by atoms with van der Waals surface area (Å²) in [6.45, 7) is 6.29. The summed E-state index contributed by atoms with van der Waals surface area (Å²) in [6.07, 6.45) is 3.61. The minimum Gasteiger partial charge on any atom is -0.481 e. The minimum absolute atomic E-state index is 0.00778. The topological polar surface area (TPSA) is 66.4 Å². The maximum Gasteiger partial charge on any atom is 0.306 e. The number of hydrogen-bond acceptors (Lipinski definition) is 2. The Morgan fingerprint density at radius 3 is 2.06 bits per heavy atom. The lowest BCUT2D eigenvalue weighted by molar-refractivity contribution is -0.144. The highest BCUT2D eigenvalue weighted by molar-refractivity contribution is 5.79. The second-order valence-corrected chi connectivity index (χ2v) is 5.65. The van der Waals surface area contributed by atoms with Gasteiger partial charge in [-0.15, -0.1) is 0 Å². The van der Waals surface area contributed by atoms with Crippen LogP contribution in [0.2, 0.25) is 0 Å². The van der Waals surface area contributed by atoms with Crippen molar-refractivity contribution in [2.24, 2.45) is 17.8 Å². The van der Waals surface area contributed by atoms with Crippen LogP contribution in [0.25, 0.3) is 0 Å². The Labute approximate surface area is 109 Å². The first-order valence-electron chi connectivity index (χ1n) is 6.98. The lowest BCUT2D eigenvalue weighted by Crippen LogP contribution is -2.42. The summed E-state index contributed by atoms with van der Waals surface area (Å²) in [5.41, 5.74) is 0. The van der Waals surface area contributed by atoms with E-state index in [2.05, 4.69) is 26.1 Å². The molecule has 0 saturated heterocycles. The van der Waals surface area contributed by atoms with Crippen LogP contribution in [0, 0.1) is 17.8 Å². The second kappa shape index (κ2) is 6.76. The number of nitrogens with one attached hydrogen (secondary N) is 1. The number of aliphatic carboxylic acids is 1. The largest absolute Gasteiger partial charge is 0.481 e. The number of carbonyl (C=O) groups is 2. The standard InChI is InChI=1S/C14H25NO3/c1-4-12(9(2)3)15-13(16)10-5-7-11(8-6-10)14(17)18/h9-12H,4-8H2,1-3H3,(H,15,16)(H,17,18). The summed E-state index contributed by atoms with van der Waals surface area (Å²) in [5.74, 6) is -0.411. The van der Waals surface area contributed by atoms with E-state index in [0.717, 1.165) is 6.42 Å². The zero-order valence-electron chi connectivity index (χ0n) is 11.6. The molecule has 1 atom stereocenters. The molecule has 0 aromatic rings. The molecule has 2 N–H and O–H groups in total. The normalized spacial score (nSPS) is 25.8. The zero-order valence-corrected chi connectivity index (χ0v) is 11.6. The third kappa shape index (κ3) is 4.00. The minimum atomic E-state index is -0.720. The van der Waals surface area contributed by atoms with Gasteiger partial charge in [-0.3, -0.25) is 9.59 Å². The fourth-order valence-corrected chi connectivity index (χ4v) is 2.64. The molecule has 104 valence electrons. The fraction of sp³-hybridized carbons (Fsp3) is 0.857. The molecule has 0 bridgehead atoms. The Bertz CT molecular complexity index is 293. The summed E-state index contributed by atoms with van der Waals surface area (Å²) >= 11 is 0. The molecule has 0 aliphatic heterocycles. The molecule has 4 nitrogen and oxygen atoms in total. The summed E-state index contributed by atoms with van der Waals surface area (Å²) in [7, 11) is 0. The van der Waals surface area contributed by atoms with Crippen molar-refractivity contribution < 1.29 is 14.7 Å². The molecule has 1 fully saturated rings. The summed E-state index contributed by atoms with van der Waals surface area (Å²) in [5, 5.41) is 12.0. The van der Waals surface area contributed by atoms with Gasteiger partial charge in [0.1, 0.15) is 0 Å². The van der Waals surface area contributed by atoms with Gasteiger partial charge in [-0.05, 0) is 38.0 Å². The summed E-state index contributed by atoms with van der Waals surface area (Å²) in [4.78, 5) is 22.9. The fourth-order valence-electron chi connectivity index (χ4n) is 2.64. The lowest BCUT2D eigenvalue weighted by Gasteiger charge is -2.28. The predicted octanol–water partition coefficient (Wildman–Crippen LogP) is 2.43. The smallest absolute Gasteiger partial charge is 0.306 e. The molecule has 1 rings (SSSR count). The SMILES string of the molecule is CCC(NC(=O)C1CCC(C(=O)O)CC1)C(C)C. The Morgan fingerprint density at radius 1 is 1.17 bits per heavy atom. The van der Waals surface area contributed by atoms with E-state index in [9.17, 15) is 9.59 Å². The van der Waals surface area contributed by atoms with E-state index in [4.69, 9.17) is 5.11 Å². The van der Waals surface area contributed by atoms with Crippen LogP contribution in [0.4, 0.5) is 0 Å². The molecule has 0 aromatic heterocycles. The van der Waals surface area contributed by atoms with Gasteiger partial charge < -0.3 is 10.4 Å². The number of carboxylic acids is 1. The van der Waals surface area contributed by atoms with Crippen LogP contribution in [0.1, 0.15) is 52.9 Å². The summed E-state index contributed by atoms with van der Waals surface area (Å²) in [6, 6.07) is 0.231. The van der Waals surface area contributed by atoms with Crippen molar-refractivity contribution in [2.75, 3.05) is 0 Å². The summed E-state index contributed by atoms with van der Waals surface area (Å²) < 4.78 is 0. The number of carbonyl (C=O) groups excluding carboxylic acids is 1. The maximum absolute atomic E-state index is 12.1. The number of hydrogen-bond donors (Lipinski definition) is 2. The maximum atomic E-state index is 12.1. The van der Waals surface area contributed by atoms with E-state index in [1.165, 1.54) is 0 Å². The number of carboxylic acid groups (broad SMARTS) is 1. The van der Waals surface area contributed by atoms with E-state index in [-0.39, 0.29) is 23.8 Å². The lowest BCUT2D eigenvalue weighted by atomic mass is 9.81. The molecule has 1 unspecified atom stereocenters. The van der Waals surface area contributed by atoms with Crippen molar-refractivity contribution in [1.82, 2.24) is 5.32 Å². The Balaban J connectivity index is 2.42. The third-order valence-corrected chi connectivity index (χ3v) is 4.02. The molecule has 0 radical (unpaired) electrons. The molecule has 0 aromatic carbocycles. The van der Waals surface area contributed by atoms with Crippen molar-refractivity contribution in [3.63, 3.8) is 0 Å². The molecule has 1 saturated carbocycles. The van der Waals surface area contributed by atoms with Crippen molar-refractivity contribution in [3.05, 3.63) is 0 Å². The monoisotopic (exact) mass is 255 g/mol. The Kier molecular flexibility index (Phi) is 5.63. The first kappa shape index (κ1) is 15.0. The van der Waals surface area contributed by atoms with Crippen LogP contribution in [0.15, 0.2) is 0 Å². The van der Waals surface area contributed by atoms with Gasteiger partial charge in [0.15, 0.2) is 0 Å².